The molecule has 0 aromatic carbocycles. The lowest BCUT2D eigenvalue weighted by Gasteiger charge is -2.12. The van der Waals surface area contributed by atoms with Crippen LogP contribution in [0.5, 0.6) is 0 Å². The van der Waals surface area contributed by atoms with Gasteiger partial charge in [0.2, 0.25) is 5.91 Å². The van der Waals surface area contributed by atoms with E-state index < -0.39 is 0 Å². The van der Waals surface area contributed by atoms with E-state index in [1.807, 2.05) is 34.5 Å². The minimum atomic E-state index is -0.00618. The van der Waals surface area contributed by atoms with Crippen LogP contribution in [0.25, 0.3) is 16.8 Å². The molecule has 1 unspecified atom stereocenters. The molecule has 1 amide bonds. The van der Waals surface area contributed by atoms with E-state index in [0.29, 0.717) is 24.8 Å². The molecular weight excluding hydrogens is 336 g/mol. The van der Waals surface area contributed by atoms with Crippen molar-refractivity contribution < 1.29 is 9.32 Å². The van der Waals surface area contributed by atoms with Gasteiger partial charge in [0.25, 0.3) is 5.89 Å². The van der Waals surface area contributed by atoms with E-state index in [-0.39, 0.29) is 11.8 Å². The molecular formula is C18H16N4O2S. The molecule has 3 aromatic rings. The lowest BCUT2D eigenvalue weighted by Crippen LogP contribution is -2.26. The summed E-state index contributed by atoms with van der Waals surface area (Å²) in [5, 5.41) is 6.07. The summed E-state index contributed by atoms with van der Waals surface area (Å²) >= 11 is 1.57. The van der Waals surface area contributed by atoms with Crippen LogP contribution in [-0.4, -0.2) is 39.0 Å². The first kappa shape index (κ1) is 15.7. The van der Waals surface area contributed by atoms with Crippen LogP contribution in [0.15, 0.2) is 52.6 Å². The molecule has 126 valence electrons. The van der Waals surface area contributed by atoms with Crippen LogP contribution in [0, 0.1) is 0 Å². The molecule has 1 saturated heterocycles. The molecule has 1 aliphatic heterocycles. The Kier molecular flexibility index (Phi) is 4.39. The van der Waals surface area contributed by atoms with Gasteiger partial charge < -0.3 is 9.42 Å². The maximum Gasteiger partial charge on any atom is 0.267 e. The lowest BCUT2D eigenvalue weighted by molar-refractivity contribution is -0.124. The normalized spacial score (nSPS) is 17.4. The average Bonchev–Trinajstić information content (AvgIpc) is 3.40. The highest BCUT2D eigenvalue weighted by atomic mass is 32.1. The second kappa shape index (κ2) is 6.98. The minimum absolute atomic E-state index is 0.00618. The summed E-state index contributed by atoms with van der Waals surface area (Å²) in [6.45, 7) is 1.31. The molecule has 0 aliphatic carbocycles. The van der Waals surface area contributed by atoms with E-state index in [2.05, 4.69) is 15.1 Å². The van der Waals surface area contributed by atoms with Crippen molar-refractivity contribution in [3.8, 4) is 10.8 Å². The quantitative estimate of drug-likeness (QED) is 0.674. The van der Waals surface area contributed by atoms with Gasteiger partial charge in [0, 0.05) is 37.5 Å². The Balaban J connectivity index is 1.40. The predicted octanol–water partition coefficient (Wildman–Crippen LogP) is 3.22. The first-order valence-corrected chi connectivity index (χ1v) is 8.92. The summed E-state index contributed by atoms with van der Waals surface area (Å²) in [6, 6.07) is 7.66. The largest absolute Gasteiger partial charge is 0.338 e. The molecule has 7 heteroatoms. The van der Waals surface area contributed by atoms with Gasteiger partial charge in [0.05, 0.1) is 4.88 Å². The Labute approximate surface area is 148 Å². The molecule has 3 aromatic heterocycles. The van der Waals surface area contributed by atoms with E-state index in [1.54, 1.807) is 35.9 Å². The van der Waals surface area contributed by atoms with E-state index >= 15 is 0 Å². The number of carbonyl (C=O) groups is 1. The van der Waals surface area contributed by atoms with Crippen molar-refractivity contribution in [2.75, 3.05) is 13.1 Å². The maximum absolute atomic E-state index is 12.3. The second-order valence-corrected chi connectivity index (χ2v) is 6.77. The smallest absolute Gasteiger partial charge is 0.267 e. The fourth-order valence-corrected chi connectivity index (χ4v) is 3.46. The number of nitrogens with zero attached hydrogens (tertiary/aromatic N) is 4. The molecule has 4 heterocycles. The number of aromatic nitrogens is 3. The predicted molar refractivity (Wildman–Crippen MR) is 94.8 cm³/mol. The van der Waals surface area contributed by atoms with Crippen molar-refractivity contribution in [2.24, 2.45) is 0 Å². The summed E-state index contributed by atoms with van der Waals surface area (Å²) in [4.78, 5) is 23.6. The first-order chi connectivity index (χ1) is 12.3. The fraction of sp³-hybridized carbons (Fsp3) is 0.222. The Hall–Kier alpha value is -2.80. The third-order valence-corrected chi connectivity index (χ3v) is 5.00. The third kappa shape index (κ3) is 3.51. The fourth-order valence-electron chi connectivity index (χ4n) is 2.82. The van der Waals surface area contributed by atoms with E-state index in [1.165, 1.54) is 0 Å². The molecule has 1 atom stereocenters. The van der Waals surface area contributed by atoms with Crippen LogP contribution in [0.4, 0.5) is 0 Å². The number of thiophene rings is 1. The maximum atomic E-state index is 12.3. The minimum Gasteiger partial charge on any atom is -0.338 e. The van der Waals surface area contributed by atoms with Crippen LogP contribution >= 0.6 is 11.3 Å². The van der Waals surface area contributed by atoms with Crippen molar-refractivity contribution in [2.45, 2.75) is 12.3 Å². The molecule has 1 aliphatic rings. The SMILES string of the molecule is O=C(C=Cc1cccnc1)N1CCC(c2noc(-c3cccs3)n2)C1. The number of pyridine rings is 1. The molecule has 25 heavy (non-hydrogen) atoms. The summed E-state index contributed by atoms with van der Waals surface area (Å²) in [5.41, 5.74) is 0.908. The van der Waals surface area contributed by atoms with Gasteiger partial charge in [-0.05, 0) is 35.6 Å². The van der Waals surface area contributed by atoms with E-state index in [9.17, 15) is 4.79 Å². The van der Waals surface area contributed by atoms with Crippen molar-refractivity contribution in [3.63, 3.8) is 0 Å². The molecule has 1 fully saturated rings. The van der Waals surface area contributed by atoms with Crippen LogP contribution < -0.4 is 0 Å². The molecule has 0 radical (unpaired) electrons. The number of rotatable bonds is 4. The zero-order valence-corrected chi connectivity index (χ0v) is 14.2. The summed E-state index contributed by atoms with van der Waals surface area (Å²) < 4.78 is 5.35. The van der Waals surface area contributed by atoms with Gasteiger partial charge in [-0.25, -0.2) is 0 Å². The number of carbonyl (C=O) groups excluding carboxylic acids is 1. The van der Waals surface area contributed by atoms with Gasteiger partial charge >= 0.3 is 0 Å². The van der Waals surface area contributed by atoms with Gasteiger partial charge in [0.1, 0.15) is 0 Å². The summed E-state index contributed by atoms with van der Waals surface area (Å²) in [5.74, 6) is 1.34. The van der Waals surface area contributed by atoms with Crippen LogP contribution in [-0.2, 0) is 4.79 Å². The highest BCUT2D eigenvalue weighted by Crippen LogP contribution is 2.29. The zero-order chi connectivity index (χ0) is 17.1. The van der Waals surface area contributed by atoms with Gasteiger partial charge in [-0.3, -0.25) is 9.78 Å². The van der Waals surface area contributed by atoms with E-state index in [0.717, 1.165) is 16.9 Å². The highest BCUT2D eigenvalue weighted by Gasteiger charge is 2.29. The molecule has 0 N–H and O–H groups in total. The lowest BCUT2D eigenvalue weighted by atomic mass is 10.1. The van der Waals surface area contributed by atoms with Crippen molar-refractivity contribution in [1.82, 2.24) is 20.0 Å². The average molecular weight is 352 g/mol. The highest BCUT2D eigenvalue weighted by molar-refractivity contribution is 7.13. The molecule has 4 rings (SSSR count). The van der Waals surface area contributed by atoms with Gasteiger partial charge in [-0.2, -0.15) is 4.98 Å². The third-order valence-electron chi connectivity index (χ3n) is 4.14. The summed E-state index contributed by atoms with van der Waals surface area (Å²) in [6.07, 6.45) is 7.65. The topological polar surface area (TPSA) is 72.1 Å². The Bertz CT molecular complexity index is 874. The molecule has 0 bridgehead atoms. The first-order valence-electron chi connectivity index (χ1n) is 8.04. The van der Waals surface area contributed by atoms with Crippen molar-refractivity contribution in [1.29, 1.82) is 0 Å². The standard InChI is InChI=1S/C18H16N4O2S/c23-16(6-5-13-3-1-8-19-11-13)22-9-7-14(12-22)17-20-18(24-21-17)15-4-2-10-25-15/h1-6,8,10-11,14H,7,9,12H2. The van der Waals surface area contributed by atoms with Gasteiger partial charge in [-0.15, -0.1) is 11.3 Å². The molecule has 0 saturated carbocycles. The monoisotopic (exact) mass is 352 g/mol. The number of hydrogen-bond acceptors (Lipinski definition) is 6. The molecule has 6 nitrogen and oxygen atoms in total. The number of amides is 1. The Morgan fingerprint density at radius 3 is 3.12 bits per heavy atom. The Morgan fingerprint density at radius 2 is 2.32 bits per heavy atom. The number of likely N-dealkylation sites (tertiary alicyclic amines) is 1. The second-order valence-electron chi connectivity index (χ2n) is 5.82. The van der Waals surface area contributed by atoms with Crippen LogP contribution in [0.2, 0.25) is 0 Å². The van der Waals surface area contributed by atoms with Crippen molar-refractivity contribution >= 4 is 23.3 Å². The zero-order valence-electron chi connectivity index (χ0n) is 13.4. The van der Waals surface area contributed by atoms with Gasteiger partial charge in [-0.1, -0.05) is 17.3 Å². The summed E-state index contributed by atoms with van der Waals surface area (Å²) in [7, 11) is 0. The number of hydrogen-bond donors (Lipinski definition) is 0. The van der Waals surface area contributed by atoms with E-state index in [4.69, 9.17) is 4.52 Å². The van der Waals surface area contributed by atoms with Crippen LogP contribution in [0.3, 0.4) is 0 Å². The van der Waals surface area contributed by atoms with Crippen LogP contribution in [0.1, 0.15) is 23.7 Å². The molecule has 0 spiro atoms. The Morgan fingerprint density at radius 1 is 1.36 bits per heavy atom. The van der Waals surface area contributed by atoms with Gasteiger partial charge in [0.15, 0.2) is 5.82 Å². The van der Waals surface area contributed by atoms with Crippen molar-refractivity contribution in [3.05, 3.63) is 59.5 Å².